The van der Waals surface area contributed by atoms with E-state index in [-0.39, 0.29) is 23.7 Å². The molecule has 1 saturated heterocycles. The van der Waals surface area contributed by atoms with Gasteiger partial charge in [-0.25, -0.2) is 4.39 Å². The lowest BCUT2D eigenvalue weighted by Crippen LogP contribution is -2.56. The molecule has 2 aromatic carbocycles. The number of carbonyl (C=O) groups excluding carboxylic acids is 1. The van der Waals surface area contributed by atoms with E-state index in [9.17, 15) is 14.3 Å². The second-order valence-corrected chi connectivity index (χ2v) is 8.27. The number of nitrogens with zero attached hydrogens (tertiary/aromatic N) is 1. The third-order valence-corrected chi connectivity index (χ3v) is 6.57. The lowest BCUT2D eigenvalue weighted by Gasteiger charge is -2.52. The quantitative estimate of drug-likeness (QED) is 0.837. The van der Waals surface area contributed by atoms with E-state index in [1.54, 1.807) is 12.1 Å². The first-order valence-electron chi connectivity index (χ1n) is 10.4. The third-order valence-electron chi connectivity index (χ3n) is 6.57. The Labute approximate surface area is 166 Å². The molecule has 1 aliphatic carbocycles. The van der Waals surface area contributed by atoms with E-state index in [4.69, 9.17) is 0 Å². The second-order valence-electron chi connectivity index (χ2n) is 8.27. The lowest BCUT2D eigenvalue weighted by molar-refractivity contribution is -0.155. The highest BCUT2D eigenvalue weighted by Crippen LogP contribution is 2.49. The van der Waals surface area contributed by atoms with E-state index in [0.29, 0.717) is 25.8 Å². The number of halogens is 1. The SMILES string of the molecule is O=C(CCc1ccccc1)N1CCC2(O)CCCCC2C1c1ccc(F)cc1. The number of amides is 1. The lowest BCUT2D eigenvalue weighted by atomic mass is 9.66. The topological polar surface area (TPSA) is 40.5 Å². The van der Waals surface area contributed by atoms with Gasteiger partial charge in [-0.1, -0.05) is 55.3 Å². The predicted octanol–water partition coefficient (Wildman–Crippen LogP) is 4.65. The molecule has 3 unspecified atom stereocenters. The van der Waals surface area contributed by atoms with Gasteiger partial charge in [-0.3, -0.25) is 4.79 Å². The van der Waals surface area contributed by atoms with Crippen LogP contribution in [0.2, 0.25) is 0 Å². The van der Waals surface area contributed by atoms with Crippen LogP contribution in [0.25, 0.3) is 0 Å². The van der Waals surface area contributed by atoms with Crippen LogP contribution in [0.15, 0.2) is 54.6 Å². The fraction of sp³-hybridized carbons (Fsp3) is 0.458. The number of hydrogen-bond acceptors (Lipinski definition) is 2. The summed E-state index contributed by atoms with van der Waals surface area (Å²) in [5, 5.41) is 11.3. The van der Waals surface area contributed by atoms with Crippen molar-refractivity contribution < 1.29 is 14.3 Å². The highest BCUT2D eigenvalue weighted by molar-refractivity contribution is 5.77. The molecule has 28 heavy (non-hydrogen) atoms. The third kappa shape index (κ3) is 3.83. The fourth-order valence-corrected chi connectivity index (χ4v) is 5.07. The van der Waals surface area contributed by atoms with E-state index in [0.717, 1.165) is 36.8 Å². The number of carbonyl (C=O) groups is 1. The van der Waals surface area contributed by atoms with Gasteiger partial charge in [0.2, 0.25) is 5.91 Å². The van der Waals surface area contributed by atoms with Crippen molar-refractivity contribution in [3.05, 3.63) is 71.5 Å². The largest absolute Gasteiger partial charge is 0.389 e. The van der Waals surface area contributed by atoms with E-state index in [1.165, 1.54) is 12.1 Å². The zero-order chi connectivity index (χ0) is 19.6. The summed E-state index contributed by atoms with van der Waals surface area (Å²) >= 11 is 0. The highest BCUT2D eigenvalue weighted by Gasteiger charge is 2.49. The Morgan fingerprint density at radius 3 is 2.57 bits per heavy atom. The van der Waals surface area contributed by atoms with Crippen molar-refractivity contribution in [2.75, 3.05) is 6.54 Å². The average molecular weight is 381 g/mol. The summed E-state index contributed by atoms with van der Waals surface area (Å²) in [6, 6.07) is 16.3. The van der Waals surface area contributed by atoms with E-state index in [1.807, 2.05) is 35.2 Å². The van der Waals surface area contributed by atoms with Gasteiger partial charge >= 0.3 is 0 Å². The van der Waals surface area contributed by atoms with E-state index in [2.05, 4.69) is 0 Å². The summed E-state index contributed by atoms with van der Waals surface area (Å²) in [7, 11) is 0. The van der Waals surface area contributed by atoms with Crippen LogP contribution >= 0.6 is 0 Å². The summed E-state index contributed by atoms with van der Waals surface area (Å²) in [4.78, 5) is 15.1. The molecule has 0 radical (unpaired) electrons. The molecule has 3 atom stereocenters. The molecule has 2 aliphatic rings. The summed E-state index contributed by atoms with van der Waals surface area (Å²) in [6.45, 7) is 0.558. The van der Waals surface area contributed by atoms with Crippen molar-refractivity contribution in [1.82, 2.24) is 4.90 Å². The predicted molar refractivity (Wildman–Crippen MR) is 107 cm³/mol. The number of benzene rings is 2. The molecule has 1 saturated carbocycles. The van der Waals surface area contributed by atoms with Crippen molar-refractivity contribution in [2.45, 2.75) is 56.6 Å². The first kappa shape index (κ1) is 19.1. The van der Waals surface area contributed by atoms with Crippen LogP contribution in [0.3, 0.4) is 0 Å². The highest BCUT2D eigenvalue weighted by atomic mass is 19.1. The first-order valence-corrected chi connectivity index (χ1v) is 10.4. The van der Waals surface area contributed by atoms with Gasteiger partial charge in [-0.15, -0.1) is 0 Å². The van der Waals surface area contributed by atoms with E-state index >= 15 is 0 Å². The Hall–Kier alpha value is -2.20. The van der Waals surface area contributed by atoms with Crippen LogP contribution in [0.5, 0.6) is 0 Å². The first-order chi connectivity index (χ1) is 13.6. The summed E-state index contributed by atoms with van der Waals surface area (Å²) in [5.41, 5.74) is 1.37. The molecule has 0 aromatic heterocycles. The van der Waals surface area contributed by atoms with Crippen LogP contribution in [-0.4, -0.2) is 28.1 Å². The van der Waals surface area contributed by atoms with Gasteiger partial charge in [-0.2, -0.15) is 0 Å². The van der Waals surface area contributed by atoms with Gasteiger partial charge in [0.25, 0.3) is 0 Å². The number of fused-ring (bicyclic) bond motifs is 1. The number of aliphatic hydroxyl groups is 1. The summed E-state index contributed by atoms with van der Waals surface area (Å²) in [5.74, 6) is -0.146. The molecular weight excluding hydrogens is 353 g/mol. The van der Waals surface area contributed by atoms with Gasteiger partial charge in [0.05, 0.1) is 11.6 Å². The number of hydrogen-bond donors (Lipinski definition) is 1. The summed E-state index contributed by atoms with van der Waals surface area (Å²) in [6.07, 6.45) is 5.59. The molecular formula is C24H28FNO2. The minimum atomic E-state index is -0.715. The molecule has 0 bridgehead atoms. The van der Waals surface area contributed by atoms with Gasteiger partial charge < -0.3 is 10.0 Å². The molecule has 3 nitrogen and oxygen atoms in total. The van der Waals surface area contributed by atoms with Gasteiger partial charge in [-0.05, 0) is 48.9 Å². The van der Waals surface area contributed by atoms with Gasteiger partial charge in [0, 0.05) is 18.9 Å². The van der Waals surface area contributed by atoms with Crippen molar-refractivity contribution >= 4 is 5.91 Å². The Kier molecular flexibility index (Phi) is 5.49. The van der Waals surface area contributed by atoms with Crippen LogP contribution in [0.1, 0.15) is 55.7 Å². The molecule has 1 N–H and O–H groups in total. The van der Waals surface area contributed by atoms with Crippen molar-refractivity contribution in [3.8, 4) is 0 Å². The molecule has 1 aliphatic heterocycles. The minimum Gasteiger partial charge on any atom is -0.389 e. The van der Waals surface area contributed by atoms with Gasteiger partial charge in [0.15, 0.2) is 0 Å². The van der Waals surface area contributed by atoms with Crippen LogP contribution in [0, 0.1) is 11.7 Å². The zero-order valence-corrected chi connectivity index (χ0v) is 16.2. The smallest absolute Gasteiger partial charge is 0.223 e. The fourth-order valence-electron chi connectivity index (χ4n) is 5.07. The van der Waals surface area contributed by atoms with Crippen LogP contribution < -0.4 is 0 Å². The standard InChI is InChI=1S/C24H28FNO2/c25-20-12-10-19(11-13-20)23-21-8-4-5-15-24(21,28)16-17-26(23)22(27)14-9-18-6-2-1-3-7-18/h1-3,6-7,10-13,21,23,28H,4-5,8-9,14-17H2. The maximum atomic E-state index is 13.5. The maximum Gasteiger partial charge on any atom is 0.223 e. The monoisotopic (exact) mass is 381 g/mol. The number of piperidine rings is 1. The van der Waals surface area contributed by atoms with Crippen molar-refractivity contribution in [1.29, 1.82) is 0 Å². The molecule has 0 spiro atoms. The molecule has 4 rings (SSSR count). The molecule has 4 heteroatoms. The van der Waals surface area contributed by atoms with Crippen LogP contribution in [-0.2, 0) is 11.2 Å². The number of likely N-dealkylation sites (tertiary alicyclic amines) is 1. The molecule has 2 aromatic rings. The molecule has 2 fully saturated rings. The molecule has 1 amide bonds. The Morgan fingerprint density at radius 1 is 1.07 bits per heavy atom. The average Bonchev–Trinajstić information content (AvgIpc) is 2.72. The van der Waals surface area contributed by atoms with Crippen molar-refractivity contribution in [3.63, 3.8) is 0 Å². The maximum absolute atomic E-state index is 13.5. The van der Waals surface area contributed by atoms with Crippen LogP contribution in [0.4, 0.5) is 4.39 Å². The summed E-state index contributed by atoms with van der Waals surface area (Å²) < 4.78 is 13.5. The Balaban J connectivity index is 1.58. The minimum absolute atomic E-state index is 0.0149. The van der Waals surface area contributed by atoms with Gasteiger partial charge in [0.1, 0.15) is 5.82 Å². The normalized spacial score (nSPS) is 27.3. The zero-order valence-electron chi connectivity index (χ0n) is 16.2. The number of rotatable bonds is 4. The Bertz CT molecular complexity index is 807. The number of aryl methyl sites for hydroxylation is 1. The Morgan fingerprint density at radius 2 is 1.82 bits per heavy atom. The second kappa shape index (κ2) is 8.04. The van der Waals surface area contributed by atoms with Crippen molar-refractivity contribution in [2.24, 2.45) is 5.92 Å². The molecule has 1 heterocycles. The van der Waals surface area contributed by atoms with E-state index < -0.39 is 5.60 Å². The molecule has 148 valence electrons.